The molecule has 27 heavy (non-hydrogen) atoms. The Balaban J connectivity index is 1.58. The van der Waals surface area contributed by atoms with E-state index >= 15 is 0 Å². The molecule has 0 radical (unpaired) electrons. The summed E-state index contributed by atoms with van der Waals surface area (Å²) in [6, 6.07) is 9.88. The minimum Gasteiger partial charge on any atom is -0.467 e. The average molecular weight is 369 g/mol. The summed E-state index contributed by atoms with van der Waals surface area (Å²) in [4.78, 5) is 40.0. The summed E-state index contributed by atoms with van der Waals surface area (Å²) in [5, 5.41) is 0. The van der Waals surface area contributed by atoms with Crippen LogP contribution in [0, 0.1) is 6.92 Å². The molecule has 0 aliphatic heterocycles. The lowest BCUT2D eigenvalue weighted by molar-refractivity contribution is -0.133. The molecule has 0 bridgehead atoms. The number of hydrogen-bond acceptors (Lipinski definition) is 5. The van der Waals surface area contributed by atoms with Gasteiger partial charge in [0.1, 0.15) is 5.76 Å². The summed E-state index contributed by atoms with van der Waals surface area (Å²) in [7, 11) is 1.60. The smallest absolute Gasteiger partial charge is 0.338 e. The van der Waals surface area contributed by atoms with E-state index < -0.39 is 5.97 Å². The van der Waals surface area contributed by atoms with Crippen LogP contribution in [0.15, 0.2) is 58.1 Å². The van der Waals surface area contributed by atoms with Crippen molar-refractivity contribution in [3.63, 3.8) is 0 Å². The largest absolute Gasteiger partial charge is 0.467 e. The van der Waals surface area contributed by atoms with Crippen molar-refractivity contribution in [3.8, 4) is 5.69 Å². The van der Waals surface area contributed by atoms with E-state index in [1.165, 1.54) is 15.7 Å². The molecule has 1 amide bonds. The molecule has 0 saturated carbocycles. The minimum absolute atomic E-state index is 0.256. The molecular weight excluding hydrogens is 350 g/mol. The number of nitrogens with one attached hydrogen (secondary N) is 1. The standard InChI is InChI=1S/C19H19N3O5/c1-13-10-20-19(25)22(13)15-7-5-14(6-8-15)18(24)27-12-17(23)21(2)11-16-4-3-9-26-16/h3-10H,11-12H2,1-2H3,(H,20,25). The van der Waals surface area contributed by atoms with Gasteiger partial charge in [-0.05, 0) is 43.3 Å². The number of ether oxygens (including phenoxy) is 1. The summed E-state index contributed by atoms with van der Waals surface area (Å²) in [6.45, 7) is 1.72. The number of carbonyl (C=O) groups is 2. The van der Waals surface area contributed by atoms with Gasteiger partial charge >= 0.3 is 11.7 Å². The topological polar surface area (TPSA) is 97.5 Å². The fourth-order valence-electron chi connectivity index (χ4n) is 2.57. The Morgan fingerprint density at radius 1 is 1.22 bits per heavy atom. The second-order valence-corrected chi connectivity index (χ2v) is 6.02. The van der Waals surface area contributed by atoms with Gasteiger partial charge < -0.3 is 19.0 Å². The highest BCUT2D eigenvalue weighted by Crippen LogP contribution is 2.11. The molecule has 0 saturated heterocycles. The zero-order chi connectivity index (χ0) is 19.4. The first kappa shape index (κ1) is 18.2. The molecule has 8 nitrogen and oxygen atoms in total. The Hall–Kier alpha value is -3.55. The number of furan rings is 1. The van der Waals surface area contributed by atoms with Crippen LogP contribution in [-0.2, 0) is 16.1 Å². The molecule has 1 N–H and O–H groups in total. The molecule has 2 heterocycles. The first-order valence-corrected chi connectivity index (χ1v) is 8.26. The first-order chi connectivity index (χ1) is 13.0. The monoisotopic (exact) mass is 369 g/mol. The van der Waals surface area contributed by atoms with Crippen molar-refractivity contribution in [1.82, 2.24) is 14.5 Å². The lowest BCUT2D eigenvalue weighted by Crippen LogP contribution is -2.30. The third kappa shape index (κ3) is 4.17. The number of aromatic nitrogens is 2. The molecule has 3 rings (SSSR count). The van der Waals surface area contributed by atoms with E-state index in [4.69, 9.17) is 9.15 Å². The molecule has 140 valence electrons. The summed E-state index contributed by atoms with van der Waals surface area (Å²) in [6.07, 6.45) is 3.13. The van der Waals surface area contributed by atoms with E-state index in [1.807, 2.05) is 0 Å². The number of imidazole rings is 1. The van der Waals surface area contributed by atoms with Crippen molar-refractivity contribution >= 4 is 11.9 Å². The predicted octanol–water partition coefficient (Wildman–Crippen LogP) is 1.88. The summed E-state index contributed by atoms with van der Waals surface area (Å²) < 4.78 is 11.7. The van der Waals surface area contributed by atoms with Gasteiger partial charge in [-0.25, -0.2) is 9.59 Å². The Kier molecular flexibility index (Phi) is 5.25. The first-order valence-electron chi connectivity index (χ1n) is 8.26. The number of carbonyl (C=O) groups excluding carboxylic acids is 2. The van der Waals surface area contributed by atoms with Crippen LogP contribution in [0.25, 0.3) is 5.69 Å². The van der Waals surface area contributed by atoms with Crippen LogP contribution in [-0.4, -0.2) is 40.0 Å². The van der Waals surface area contributed by atoms with Gasteiger partial charge in [-0.15, -0.1) is 0 Å². The summed E-state index contributed by atoms with van der Waals surface area (Å²) in [5.41, 5.74) is 1.42. The predicted molar refractivity (Wildman–Crippen MR) is 96.6 cm³/mol. The van der Waals surface area contributed by atoms with Crippen LogP contribution in [0.1, 0.15) is 21.8 Å². The second kappa shape index (κ2) is 7.77. The van der Waals surface area contributed by atoms with Crippen molar-refractivity contribution in [2.75, 3.05) is 13.7 Å². The molecule has 2 aromatic heterocycles. The molecule has 0 atom stereocenters. The van der Waals surface area contributed by atoms with Crippen molar-refractivity contribution in [2.45, 2.75) is 13.5 Å². The Morgan fingerprint density at radius 3 is 2.56 bits per heavy atom. The summed E-state index contributed by atoms with van der Waals surface area (Å²) in [5.74, 6) is -0.312. The van der Waals surface area contributed by atoms with Crippen LogP contribution in [0.4, 0.5) is 0 Å². The van der Waals surface area contributed by atoms with Crippen molar-refractivity contribution in [2.24, 2.45) is 0 Å². The zero-order valence-corrected chi connectivity index (χ0v) is 15.0. The van der Waals surface area contributed by atoms with Gasteiger partial charge in [0.15, 0.2) is 6.61 Å². The number of benzene rings is 1. The molecule has 0 aliphatic rings. The van der Waals surface area contributed by atoms with Crippen LogP contribution in [0.3, 0.4) is 0 Å². The number of esters is 1. The van der Waals surface area contributed by atoms with E-state index in [2.05, 4.69) is 4.98 Å². The molecular formula is C19H19N3O5. The second-order valence-electron chi connectivity index (χ2n) is 6.02. The Labute approximate surface area is 155 Å². The fourth-order valence-corrected chi connectivity index (χ4v) is 2.57. The molecule has 0 unspecified atom stereocenters. The van der Waals surface area contributed by atoms with Crippen LogP contribution < -0.4 is 5.69 Å². The highest BCUT2D eigenvalue weighted by atomic mass is 16.5. The SMILES string of the molecule is Cc1c[nH]c(=O)n1-c1ccc(C(=O)OCC(=O)N(C)Cc2ccco2)cc1. The molecule has 1 aromatic carbocycles. The molecule has 8 heteroatoms. The molecule has 0 fully saturated rings. The van der Waals surface area contributed by atoms with Gasteiger partial charge in [-0.2, -0.15) is 0 Å². The van der Waals surface area contributed by atoms with Gasteiger partial charge in [0.05, 0.1) is 24.1 Å². The number of nitrogens with zero attached hydrogens (tertiary/aromatic N) is 2. The third-order valence-corrected chi connectivity index (χ3v) is 4.05. The number of aromatic amines is 1. The van der Waals surface area contributed by atoms with Gasteiger partial charge in [-0.3, -0.25) is 9.36 Å². The third-order valence-electron chi connectivity index (χ3n) is 4.05. The highest BCUT2D eigenvalue weighted by molar-refractivity contribution is 5.91. The zero-order valence-electron chi connectivity index (χ0n) is 15.0. The van der Waals surface area contributed by atoms with Gasteiger partial charge in [-0.1, -0.05) is 0 Å². The van der Waals surface area contributed by atoms with E-state index in [0.29, 0.717) is 23.6 Å². The van der Waals surface area contributed by atoms with Crippen LogP contribution in [0.5, 0.6) is 0 Å². The maximum Gasteiger partial charge on any atom is 0.338 e. The lowest BCUT2D eigenvalue weighted by atomic mass is 10.2. The minimum atomic E-state index is -0.612. The fraction of sp³-hybridized carbons (Fsp3) is 0.211. The number of hydrogen-bond donors (Lipinski definition) is 1. The maximum absolute atomic E-state index is 12.1. The van der Waals surface area contributed by atoms with Gasteiger partial charge in [0.2, 0.25) is 0 Å². The van der Waals surface area contributed by atoms with Gasteiger partial charge in [0, 0.05) is 18.9 Å². The van der Waals surface area contributed by atoms with Crippen LogP contribution in [0.2, 0.25) is 0 Å². The highest BCUT2D eigenvalue weighted by Gasteiger charge is 2.15. The number of rotatable bonds is 6. The van der Waals surface area contributed by atoms with E-state index in [0.717, 1.165) is 5.69 Å². The van der Waals surface area contributed by atoms with Crippen LogP contribution >= 0.6 is 0 Å². The number of H-pyrrole nitrogens is 1. The van der Waals surface area contributed by atoms with E-state index in [-0.39, 0.29) is 18.2 Å². The quantitative estimate of drug-likeness (QED) is 0.669. The van der Waals surface area contributed by atoms with E-state index in [9.17, 15) is 14.4 Å². The number of likely N-dealkylation sites (N-methyl/N-ethyl adjacent to an activating group) is 1. The summed E-state index contributed by atoms with van der Waals surface area (Å²) >= 11 is 0. The van der Waals surface area contributed by atoms with Crippen molar-refractivity contribution < 1.29 is 18.7 Å². The van der Waals surface area contributed by atoms with Crippen molar-refractivity contribution in [1.29, 1.82) is 0 Å². The Morgan fingerprint density at radius 2 is 1.96 bits per heavy atom. The Bertz CT molecular complexity index is 983. The normalized spacial score (nSPS) is 10.6. The maximum atomic E-state index is 12.1. The van der Waals surface area contributed by atoms with Crippen molar-refractivity contribution in [3.05, 3.63) is 76.4 Å². The van der Waals surface area contributed by atoms with Gasteiger partial charge in [0.25, 0.3) is 5.91 Å². The molecule has 3 aromatic rings. The van der Waals surface area contributed by atoms with E-state index in [1.54, 1.807) is 56.6 Å². The molecule has 0 spiro atoms. The molecule has 0 aliphatic carbocycles. The number of aryl methyl sites for hydroxylation is 1. The average Bonchev–Trinajstić information content (AvgIpc) is 3.29. The number of amides is 1. The lowest BCUT2D eigenvalue weighted by Gasteiger charge is -2.15.